The Hall–Kier alpha value is -0.790. The molecule has 2 atom stereocenters. The molecule has 2 heteroatoms. The molecule has 1 aromatic rings. The normalized spacial score (nSPS) is 13.5. The number of unbranched alkanes of at least 4 members (excludes halogenated alkanes) is 14. The standard InChI is InChI=1S/C29H56N2/c1-5-8-11-13-14-15-16-17-18-19-20-22-27(4)31-26-25-30-29(31)28(23-10-7-3)24-21-12-9-6-2/h25-28H,5-24H2,1-4H3. The third-order valence-electron chi connectivity index (χ3n) is 7.08. The van der Waals surface area contributed by atoms with Gasteiger partial charge >= 0.3 is 0 Å². The maximum absolute atomic E-state index is 4.86. The molecule has 0 saturated carbocycles. The number of hydrogen-bond acceptors (Lipinski definition) is 1. The maximum Gasteiger partial charge on any atom is 0.111 e. The Bertz CT molecular complexity index is 493. The van der Waals surface area contributed by atoms with Crippen LogP contribution in [0.2, 0.25) is 0 Å². The van der Waals surface area contributed by atoms with Gasteiger partial charge < -0.3 is 4.57 Å². The van der Waals surface area contributed by atoms with Crippen LogP contribution in [0.3, 0.4) is 0 Å². The van der Waals surface area contributed by atoms with Crippen LogP contribution in [-0.2, 0) is 0 Å². The molecule has 0 bridgehead atoms. The summed E-state index contributed by atoms with van der Waals surface area (Å²) >= 11 is 0. The van der Waals surface area contributed by atoms with Gasteiger partial charge in [0.05, 0.1) is 0 Å². The van der Waals surface area contributed by atoms with Gasteiger partial charge in [-0.25, -0.2) is 4.98 Å². The van der Waals surface area contributed by atoms with Gasteiger partial charge in [0.1, 0.15) is 5.82 Å². The zero-order valence-corrected chi connectivity index (χ0v) is 21.8. The Balaban J connectivity index is 2.30. The van der Waals surface area contributed by atoms with Crippen molar-refractivity contribution in [2.45, 2.75) is 168 Å². The van der Waals surface area contributed by atoms with Crippen LogP contribution in [0.15, 0.2) is 12.4 Å². The number of rotatable bonds is 22. The lowest BCUT2D eigenvalue weighted by atomic mass is 9.94. The second kappa shape index (κ2) is 19.9. The topological polar surface area (TPSA) is 17.8 Å². The molecule has 0 spiro atoms. The summed E-state index contributed by atoms with van der Waals surface area (Å²) in [4.78, 5) is 4.86. The predicted octanol–water partition coefficient (Wildman–Crippen LogP) is 10.4. The molecule has 0 aliphatic rings. The molecular weight excluding hydrogens is 376 g/mol. The Labute approximate surface area is 196 Å². The number of nitrogens with zero attached hydrogens (tertiary/aromatic N) is 2. The van der Waals surface area contributed by atoms with E-state index < -0.39 is 0 Å². The third kappa shape index (κ3) is 13.4. The lowest BCUT2D eigenvalue weighted by Gasteiger charge is -2.22. The summed E-state index contributed by atoms with van der Waals surface area (Å²) < 4.78 is 2.52. The first-order valence-corrected chi connectivity index (χ1v) is 14.3. The second-order valence-corrected chi connectivity index (χ2v) is 10.1. The van der Waals surface area contributed by atoms with E-state index in [-0.39, 0.29) is 0 Å². The third-order valence-corrected chi connectivity index (χ3v) is 7.08. The molecular formula is C29H56N2. The number of imidazole rings is 1. The average Bonchev–Trinajstić information content (AvgIpc) is 3.27. The van der Waals surface area contributed by atoms with E-state index in [0.29, 0.717) is 12.0 Å². The van der Waals surface area contributed by atoms with Gasteiger partial charge in [-0.1, -0.05) is 130 Å². The van der Waals surface area contributed by atoms with Crippen LogP contribution < -0.4 is 0 Å². The lowest BCUT2D eigenvalue weighted by Crippen LogP contribution is -2.13. The summed E-state index contributed by atoms with van der Waals surface area (Å²) in [7, 11) is 0. The molecule has 2 nitrogen and oxygen atoms in total. The van der Waals surface area contributed by atoms with E-state index in [9.17, 15) is 0 Å². The van der Waals surface area contributed by atoms with E-state index in [4.69, 9.17) is 4.98 Å². The Morgan fingerprint density at radius 2 is 1.06 bits per heavy atom. The lowest BCUT2D eigenvalue weighted by molar-refractivity contribution is 0.416. The molecule has 0 fully saturated rings. The van der Waals surface area contributed by atoms with Crippen molar-refractivity contribution >= 4 is 0 Å². The molecule has 0 amide bonds. The van der Waals surface area contributed by atoms with Crippen LogP contribution in [0.4, 0.5) is 0 Å². The fourth-order valence-corrected chi connectivity index (χ4v) is 4.93. The summed E-state index contributed by atoms with van der Waals surface area (Å²) in [5, 5.41) is 0. The average molecular weight is 433 g/mol. The number of hydrogen-bond donors (Lipinski definition) is 0. The molecule has 0 aliphatic heterocycles. The number of aromatic nitrogens is 2. The molecule has 182 valence electrons. The summed E-state index contributed by atoms with van der Waals surface area (Å²) in [5.41, 5.74) is 0. The monoisotopic (exact) mass is 432 g/mol. The summed E-state index contributed by atoms with van der Waals surface area (Å²) in [6, 6.07) is 0.593. The molecule has 1 heterocycles. The van der Waals surface area contributed by atoms with Crippen LogP contribution in [-0.4, -0.2) is 9.55 Å². The van der Waals surface area contributed by atoms with E-state index in [1.54, 1.807) is 0 Å². The minimum atomic E-state index is 0.593. The minimum absolute atomic E-state index is 0.593. The van der Waals surface area contributed by atoms with Crippen LogP contribution in [0.25, 0.3) is 0 Å². The van der Waals surface area contributed by atoms with Crippen LogP contribution in [0.5, 0.6) is 0 Å². The molecule has 1 rings (SSSR count). The van der Waals surface area contributed by atoms with Gasteiger partial charge in [0.25, 0.3) is 0 Å². The second-order valence-electron chi connectivity index (χ2n) is 10.1. The molecule has 0 saturated heterocycles. The highest BCUT2D eigenvalue weighted by Crippen LogP contribution is 2.30. The van der Waals surface area contributed by atoms with Crippen molar-refractivity contribution in [1.82, 2.24) is 9.55 Å². The van der Waals surface area contributed by atoms with Crippen molar-refractivity contribution in [2.24, 2.45) is 0 Å². The van der Waals surface area contributed by atoms with Crippen molar-refractivity contribution < 1.29 is 0 Å². The first-order chi connectivity index (χ1) is 15.2. The SMILES string of the molecule is CCCCCCCCCCCCCC(C)n1ccnc1C(CCCC)CCCCCC. The Morgan fingerprint density at radius 1 is 0.613 bits per heavy atom. The highest BCUT2D eigenvalue weighted by molar-refractivity contribution is 5.02. The van der Waals surface area contributed by atoms with Gasteiger partial charge in [0.15, 0.2) is 0 Å². The fraction of sp³-hybridized carbons (Fsp3) is 0.897. The van der Waals surface area contributed by atoms with E-state index in [0.717, 1.165) is 0 Å². The van der Waals surface area contributed by atoms with E-state index in [1.807, 2.05) is 0 Å². The smallest absolute Gasteiger partial charge is 0.111 e. The van der Waals surface area contributed by atoms with Gasteiger partial charge in [0, 0.05) is 24.4 Å². The molecule has 2 unspecified atom stereocenters. The zero-order valence-electron chi connectivity index (χ0n) is 21.8. The van der Waals surface area contributed by atoms with E-state index in [1.165, 1.54) is 134 Å². The summed E-state index contributed by atoms with van der Waals surface area (Å²) in [5.74, 6) is 2.03. The van der Waals surface area contributed by atoms with Gasteiger partial charge in [0.2, 0.25) is 0 Å². The van der Waals surface area contributed by atoms with Crippen molar-refractivity contribution in [3.8, 4) is 0 Å². The van der Waals surface area contributed by atoms with E-state index in [2.05, 4.69) is 44.7 Å². The van der Waals surface area contributed by atoms with Crippen LogP contribution in [0.1, 0.15) is 174 Å². The molecule has 0 aliphatic carbocycles. The largest absolute Gasteiger partial charge is 0.332 e. The van der Waals surface area contributed by atoms with Gasteiger partial charge in [-0.3, -0.25) is 0 Å². The maximum atomic E-state index is 4.86. The van der Waals surface area contributed by atoms with Crippen molar-refractivity contribution in [3.63, 3.8) is 0 Å². The fourth-order valence-electron chi connectivity index (χ4n) is 4.93. The zero-order chi connectivity index (χ0) is 22.6. The van der Waals surface area contributed by atoms with Crippen LogP contribution >= 0.6 is 0 Å². The van der Waals surface area contributed by atoms with Gasteiger partial charge in [-0.05, 0) is 26.2 Å². The molecule has 0 aromatic carbocycles. The molecule has 31 heavy (non-hydrogen) atoms. The minimum Gasteiger partial charge on any atom is -0.332 e. The Morgan fingerprint density at radius 3 is 1.65 bits per heavy atom. The highest BCUT2D eigenvalue weighted by Gasteiger charge is 2.19. The first kappa shape index (κ1) is 28.2. The van der Waals surface area contributed by atoms with Crippen LogP contribution in [0, 0.1) is 0 Å². The van der Waals surface area contributed by atoms with E-state index >= 15 is 0 Å². The summed E-state index contributed by atoms with van der Waals surface area (Å²) in [6.45, 7) is 9.33. The van der Waals surface area contributed by atoms with Crippen molar-refractivity contribution in [3.05, 3.63) is 18.2 Å². The summed E-state index contributed by atoms with van der Waals surface area (Å²) in [6.07, 6.45) is 32.0. The molecule has 1 aromatic heterocycles. The van der Waals surface area contributed by atoms with Gasteiger partial charge in [-0.15, -0.1) is 0 Å². The first-order valence-electron chi connectivity index (χ1n) is 14.3. The molecule has 0 radical (unpaired) electrons. The Kier molecular flexibility index (Phi) is 18.1. The van der Waals surface area contributed by atoms with Gasteiger partial charge in [-0.2, -0.15) is 0 Å². The quantitative estimate of drug-likeness (QED) is 0.167. The molecule has 0 N–H and O–H groups in total. The highest BCUT2D eigenvalue weighted by atomic mass is 15.1. The van der Waals surface area contributed by atoms with Crippen molar-refractivity contribution in [1.29, 1.82) is 0 Å². The predicted molar refractivity (Wildman–Crippen MR) is 139 cm³/mol. The van der Waals surface area contributed by atoms with Crippen molar-refractivity contribution in [2.75, 3.05) is 0 Å².